The third-order valence-corrected chi connectivity index (χ3v) is 3.53. The molecule has 100 valence electrons. The zero-order valence-corrected chi connectivity index (χ0v) is 11.6. The molecule has 0 radical (unpaired) electrons. The van der Waals surface area contributed by atoms with Crippen LogP contribution in [0.4, 0.5) is 5.00 Å². The van der Waals surface area contributed by atoms with Crippen molar-refractivity contribution in [2.75, 3.05) is 5.32 Å². The van der Waals surface area contributed by atoms with Crippen molar-refractivity contribution in [3.63, 3.8) is 0 Å². The van der Waals surface area contributed by atoms with E-state index in [4.69, 9.17) is 11.5 Å². The minimum Gasteiger partial charge on any atom is -0.366 e. The largest absolute Gasteiger partial charge is 0.366 e. The molecule has 0 spiro atoms. The summed E-state index contributed by atoms with van der Waals surface area (Å²) in [5, 5.41) is 4.86. The molecule has 0 aliphatic carbocycles. The second-order valence-electron chi connectivity index (χ2n) is 5.25. The van der Waals surface area contributed by atoms with Crippen molar-refractivity contribution >= 4 is 28.2 Å². The van der Waals surface area contributed by atoms with Crippen molar-refractivity contribution in [1.82, 2.24) is 0 Å². The van der Waals surface area contributed by atoms with Crippen LogP contribution >= 0.6 is 11.3 Å². The Hall–Kier alpha value is -1.40. The maximum Gasteiger partial charge on any atom is 0.251 e. The number of anilines is 1. The fourth-order valence-electron chi connectivity index (χ4n) is 1.28. The minimum absolute atomic E-state index is 0.140. The predicted molar refractivity (Wildman–Crippen MR) is 73.5 cm³/mol. The van der Waals surface area contributed by atoms with Gasteiger partial charge in [-0.2, -0.15) is 0 Å². The van der Waals surface area contributed by atoms with Gasteiger partial charge in [-0.3, -0.25) is 9.59 Å². The first-order valence-electron chi connectivity index (χ1n) is 5.64. The SMILES string of the molecule is CC(C)(C)C(N)CC(=O)Nc1sccc1C(N)=O. The monoisotopic (exact) mass is 269 g/mol. The topological polar surface area (TPSA) is 98.2 Å². The number of rotatable bonds is 4. The lowest BCUT2D eigenvalue weighted by molar-refractivity contribution is -0.117. The number of hydrogen-bond donors (Lipinski definition) is 3. The third-order valence-electron chi connectivity index (χ3n) is 2.70. The van der Waals surface area contributed by atoms with Crippen molar-refractivity contribution < 1.29 is 9.59 Å². The molecule has 1 rings (SSSR count). The Morgan fingerprint density at radius 2 is 2.06 bits per heavy atom. The highest BCUT2D eigenvalue weighted by Gasteiger charge is 2.23. The second-order valence-corrected chi connectivity index (χ2v) is 6.17. The van der Waals surface area contributed by atoms with Gasteiger partial charge in [-0.1, -0.05) is 20.8 Å². The molecule has 2 amide bonds. The average Bonchev–Trinajstić information content (AvgIpc) is 2.63. The molecular weight excluding hydrogens is 250 g/mol. The quantitative estimate of drug-likeness (QED) is 0.773. The molecule has 0 aromatic carbocycles. The molecule has 1 atom stereocenters. The van der Waals surface area contributed by atoms with Crippen LogP contribution < -0.4 is 16.8 Å². The van der Waals surface area contributed by atoms with Gasteiger partial charge in [0, 0.05) is 12.5 Å². The molecule has 1 heterocycles. The van der Waals surface area contributed by atoms with E-state index in [1.165, 1.54) is 11.3 Å². The number of nitrogens with one attached hydrogen (secondary N) is 1. The average molecular weight is 269 g/mol. The van der Waals surface area contributed by atoms with Crippen LogP contribution in [0.5, 0.6) is 0 Å². The van der Waals surface area contributed by atoms with E-state index < -0.39 is 5.91 Å². The van der Waals surface area contributed by atoms with E-state index in [-0.39, 0.29) is 23.8 Å². The molecular formula is C12H19N3O2S. The summed E-state index contributed by atoms with van der Waals surface area (Å²) in [5.41, 5.74) is 11.3. The first kappa shape index (κ1) is 14.7. The first-order chi connectivity index (χ1) is 8.21. The Balaban J connectivity index is 2.66. The molecule has 1 aromatic rings. The third kappa shape index (κ3) is 3.82. The Labute approximate surface area is 111 Å². The summed E-state index contributed by atoms with van der Waals surface area (Å²) in [6, 6.07) is 1.35. The van der Waals surface area contributed by atoms with Crippen LogP contribution in [-0.2, 0) is 4.79 Å². The molecule has 0 bridgehead atoms. The fourth-order valence-corrected chi connectivity index (χ4v) is 2.09. The van der Waals surface area contributed by atoms with Gasteiger partial charge < -0.3 is 16.8 Å². The number of thiophene rings is 1. The molecule has 1 unspecified atom stereocenters. The van der Waals surface area contributed by atoms with Crippen molar-refractivity contribution in [3.05, 3.63) is 17.0 Å². The van der Waals surface area contributed by atoms with E-state index in [1.54, 1.807) is 11.4 Å². The molecule has 1 aromatic heterocycles. The molecule has 0 aliphatic rings. The van der Waals surface area contributed by atoms with Gasteiger partial charge in [-0.05, 0) is 16.9 Å². The zero-order valence-electron chi connectivity index (χ0n) is 10.8. The second kappa shape index (κ2) is 5.49. The first-order valence-corrected chi connectivity index (χ1v) is 6.52. The predicted octanol–water partition coefficient (Wildman–Crippen LogP) is 1.55. The number of nitrogens with two attached hydrogens (primary N) is 2. The number of primary amides is 1. The van der Waals surface area contributed by atoms with Gasteiger partial charge in [0.15, 0.2) is 0 Å². The van der Waals surface area contributed by atoms with Crippen molar-refractivity contribution in [2.45, 2.75) is 33.2 Å². The normalized spacial score (nSPS) is 13.1. The Morgan fingerprint density at radius 3 is 2.56 bits per heavy atom. The summed E-state index contributed by atoms with van der Waals surface area (Å²) in [6.45, 7) is 5.93. The van der Waals surface area contributed by atoms with Crippen molar-refractivity contribution in [3.8, 4) is 0 Å². The van der Waals surface area contributed by atoms with Crippen molar-refractivity contribution in [2.24, 2.45) is 16.9 Å². The Morgan fingerprint density at radius 1 is 1.44 bits per heavy atom. The van der Waals surface area contributed by atoms with Crippen LogP contribution in [-0.4, -0.2) is 17.9 Å². The number of carbonyl (C=O) groups excluding carboxylic acids is 2. The standard InChI is InChI=1S/C12H19N3O2S/c1-12(2,3)8(13)6-9(16)15-11-7(10(14)17)4-5-18-11/h4-5,8H,6,13H2,1-3H3,(H2,14,17)(H,15,16). The number of amides is 2. The van der Waals surface area contributed by atoms with Gasteiger partial charge in [0.1, 0.15) is 5.00 Å². The Kier molecular flexibility index (Phi) is 4.48. The van der Waals surface area contributed by atoms with Crippen LogP contribution in [0.2, 0.25) is 0 Å². The molecule has 5 nitrogen and oxygen atoms in total. The highest BCUT2D eigenvalue weighted by atomic mass is 32.1. The molecule has 0 saturated heterocycles. The smallest absolute Gasteiger partial charge is 0.251 e. The highest BCUT2D eigenvalue weighted by Crippen LogP contribution is 2.24. The fraction of sp³-hybridized carbons (Fsp3) is 0.500. The molecule has 0 saturated carbocycles. The lowest BCUT2D eigenvalue weighted by atomic mass is 9.85. The zero-order chi connectivity index (χ0) is 13.9. The van der Waals surface area contributed by atoms with Crippen LogP contribution in [0.1, 0.15) is 37.6 Å². The maximum atomic E-state index is 11.8. The van der Waals surface area contributed by atoms with E-state index in [0.717, 1.165) is 0 Å². The Bertz CT molecular complexity index is 448. The number of hydrogen-bond acceptors (Lipinski definition) is 4. The van der Waals surface area contributed by atoms with Gasteiger partial charge in [-0.15, -0.1) is 11.3 Å². The van der Waals surface area contributed by atoms with E-state index in [0.29, 0.717) is 10.6 Å². The lowest BCUT2D eigenvalue weighted by Crippen LogP contribution is -2.38. The molecule has 6 heteroatoms. The summed E-state index contributed by atoms with van der Waals surface area (Å²) in [7, 11) is 0. The van der Waals surface area contributed by atoms with E-state index in [1.807, 2.05) is 20.8 Å². The van der Waals surface area contributed by atoms with Gasteiger partial charge in [-0.25, -0.2) is 0 Å². The van der Waals surface area contributed by atoms with Crippen LogP contribution in [0.3, 0.4) is 0 Å². The van der Waals surface area contributed by atoms with Crippen LogP contribution in [0.25, 0.3) is 0 Å². The van der Waals surface area contributed by atoms with Gasteiger partial charge in [0.25, 0.3) is 5.91 Å². The lowest BCUT2D eigenvalue weighted by Gasteiger charge is -2.26. The van der Waals surface area contributed by atoms with Crippen LogP contribution in [0.15, 0.2) is 11.4 Å². The van der Waals surface area contributed by atoms with E-state index >= 15 is 0 Å². The summed E-state index contributed by atoms with van der Waals surface area (Å²) in [6.07, 6.45) is 0.208. The molecule has 5 N–H and O–H groups in total. The molecule has 18 heavy (non-hydrogen) atoms. The van der Waals surface area contributed by atoms with Crippen molar-refractivity contribution in [1.29, 1.82) is 0 Å². The van der Waals surface area contributed by atoms with Gasteiger partial charge in [0.2, 0.25) is 5.91 Å². The highest BCUT2D eigenvalue weighted by molar-refractivity contribution is 7.14. The van der Waals surface area contributed by atoms with Gasteiger partial charge >= 0.3 is 0 Å². The summed E-state index contributed by atoms with van der Waals surface area (Å²) >= 11 is 1.27. The molecule has 0 fully saturated rings. The van der Waals surface area contributed by atoms with E-state index in [9.17, 15) is 9.59 Å². The molecule has 0 aliphatic heterocycles. The minimum atomic E-state index is -0.549. The summed E-state index contributed by atoms with van der Waals surface area (Å²) in [4.78, 5) is 22.9. The number of carbonyl (C=O) groups is 2. The summed E-state index contributed by atoms with van der Waals surface area (Å²) in [5.74, 6) is -0.756. The maximum absolute atomic E-state index is 11.8. The van der Waals surface area contributed by atoms with Gasteiger partial charge in [0.05, 0.1) is 5.56 Å². The van der Waals surface area contributed by atoms with E-state index in [2.05, 4.69) is 5.32 Å². The summed E-state index contributed by atoms with van der Waals surface area (Å²) < 4.78 is 0. The van der Waals surface area contributed by atoms with Crippen LogP contribution in [0, 0.1) is 5.41 Å².